The van der Waals surface area contributed by atoms with Gasteiger partial charge in [0.05, 0.1) is 5.92 Å². The molecular formula is C21H30N2O4. The van der Waals surface area contributed by atoms with Crippen LogP contribution in [0.25, 0.3) is 0 Å². The van der Waals surface area contributed by atoms with E-state index in [1.807, 2.05) is 6.07 Å². The molecule has 1 aliphatic carbocycles. The van der Waals surface area contributed by atoms with Gasteiger partial charge in [0.15, 0.2) is 0 Å². The highest BCUT2D eigenvalue weighted by Gasteiger charge is 2.36. The molecule has 0 atom stereocenters. The predicted octanol–water partition coefficient (Wildman–Crippen LogP) is 2.99. The molecule has 6 nitrogen and oxygen atoms in total. The first-order valence-corrected chi connectivity index (χ1v) is 9.91. The number of hydrogen-bond donors (Lipinski definition) is 3. The first-order valence-electron chi connectivity index (χ1n) is 9.91. The molecule has 2 amide bonds. The van der Waals surface area contributed by atoms with Crippen molar-refractivity contribution >= 4 is 12.0 Å². The zero-order valence-electron chi connectivity index (χ0n) is 16.0. The Hall–Kier alpha value is -2.08. The van der Waals surface area contributed by atoms with Crippen molar-refractivity contribution in [1.29, 1.82) is 0 Å². The normalized spacial score (nSPS) is 24.8. The van der Waals surface area contributed by atoms with Gasteiger partial charge in [0.25, 0.3) is 0 Å². The fraction of sp³-hybridized carbons (Fsp3) is 0.619. The quantitative estimate of drug-likeness (QED) is 0.739. The van der Waals surface area contributed by atoms with Gasteiger partial charge < -0.3 is 20.5 Å². The zero-order chi connectivity index (χ0) is 19.3. The number of carboxylic acid groups (broad SMARTS) is 1. The van der Waals surface area contributed by atoms with Crippen molar-refractivity contribution in [3.8, 4) is 0 Å². The molecule has 2 aliphatic rings. The molecule has 0 aromatic heterocycles. The van der Waals surface area contributed by atoms with Gasteiger partial charge in [-0.15, -0.1) is 0 Å². The molecule has 0 unspecified atom stereocenters. The maximum atomic E-state index is 12.5. The first kappa shape index (κ1) is 19.7. The number of ether oxygens (including phenoxy) is 1. The molecule has 27 heavy (non-hydrogen) atoms. The van der Waals surface area contributed by atoms with Crippen LogP contribution in [-0.4, -0.2) is 42.9 Å². The van der Waals surface area contributed by atoms with E-state index < -0.39 is 5.97 Å². The van der Waals surface area contributed by atoms with E-state index in [2.05, 4.69) is 35.8 Å². The lowest BCUT2D eigenvalue weighted by Crippen LogP contribution is -2.50. The lowest BCUT2D eigenvalue weighted by atomic mass is 9.72. The zero-order valence-corrected chi connectivity index (χ0v) is 16.0. The summed E-state index contributed by atoms with van der Waals surface area (Å²) in [5, 5.41) is 15.2. The number of carbonyl (C=O) groups excluding carboxylic acids is 1. The first-order chi connectivity index (χ1) is 13.0. The second-order valence-electron chi connectivity index (χ2n) is 7.92. The highest BCUT2D eigenvalue weighted by atomic mass is 16.5. The van der Waals surface area contributed by atoms with Crippen molar-refractivity contribution in [3.63, 3.8) is 0 Å². The molecule has 1 saturated heterocycles. The second kappa shape index (κ2) is 8.74. The highest BCUT2D eigenvalue weighted by Crippen LogP contribution is 2.36. The highest BCUT2D eigenvalue weighted by molar-refractivity contribution is 5.74. The lowest BCUT2D eigenvalue weighted by Gasteiger charge is -2.39. The maximum absolute atomic E-state index is 12.5. The van der Waals surface area contributed by atoms with Gasteiger partial charge in [-0.1, -0.05) is 24.3 Å². The SMILES string of the molecule is Cc1ccccc1C1(CNC(=O)NC2CCC(C(=O)O)CC2)CCOCC1. The number of urea groups is 1. The molecule has 3 N–H and O–H groups in total. The summed E-state index contributed by atoms with van der Waals surface area (Å²) in [4.78, 5) is 23.5. The van der Waals surface area contributed by atoms with E-state index >= 15 is 0 Å². The Kier molecular flexibility index (Phi) is 6.37. The molecule has 0 radical (unpaired) electrons. The Labute approximate surface area is 160 Å². The van der Waals surface area contributed by atoms with Gasteiger partial charge in [0, 0.05) is 31.2 Å². The molecule has 0 bridgehead atoms. The summed E-state index contributed by atoms with van der Waals surface area (Å²) in [7, 11) is 0. The van der Waals surface area contributed by atoms with Crippen LogP contribution in [0.4, 0.5) is 4.79 Å². The Morgan fingerprint density at radius 2 is 1.81 bits per heavy atom. The minimum atomic E-state index is -0.724. The number of rotatable bonds is 5. The van der Waals surface area contributed by atoms with Gasteiger partial charge in [-0.05, 0) is 56.6 Å². The topological polar surface area (TPSA) is 87.7 Å². The molecule has 3 rings (SSSR count). The molecule has 0 spiro atoms. The maximum Gasteiger partial charge on any atom is 0.315 e. The fourth-order valence-corrected chi connectivity index (χ4v) is 4.44. The molecule has 1 heterocycles. The summed E-state index contributed by atoms with van der Waals surface area (Å²) in [5.74, 6) is -0.990. The van der Waals surface area contributed by atoms with Crippen LogP contribution in [0.2, 0.25) is 0 Å². The van der Waals surface area contributed by atoms with Gasteiger partial charge >= 0.3 is 12.0 Å². The van der Waals surface area contributed by atoms with Crippen LogP contribution in [0.15, 0.2) is 24.3 Å². The van der Waals surface area contributed by atoms with E-state index in [-0.39, 0.29) is 23.4 Å². The third-order valence-corrected chi connectivity index (χ3v) is 6.17. The average Bonchev–Trinajstić information content (AvgIpc) is 2.68. The van der Waals surface area contributed by atoms with E-state index in [1.54, 1.807) is 0 Å². The van der Waals surface area contributed by atoms with E-state index in [1.165, 1.54) is 11.1 Å². The summed E-state index contributed by atoms with van der Waals surface area (Å²) in [6.07, 6.45) is 4.49. The molecule has 1 aromatic rings. The van der Waals surface area contributed by atoms with Crippen molar-refractivity contribution in [2.24, 2.45) is 5.92 Å². The molecular weight excluding hydrogens is 344 g/mol. The van der Waals surface area contributed by atoms with E-state index in [9.17, 15) is 9.59 Å². The Morgan fingerprint density at radius 1 is 1.15 bits per heavy atom. The van der Waals surface area contributed by atoms with Gasteiger partial charge in [-0.2, -0.15) is 0 Å². The number of benzene rings is 1. The van der Waals surface area contributed by atoms with Gasteiger partial charge in [-0.3, -0.25) is 4.79 Å². The van der Waals surface area contributed by atoms with Crippen LogP contribution in [0.3, 0.4) is 0 Å². The monoisotopic (exact) mass is 374 g/mol. The van der Waals surface area contributed by atoms with Crippen LogP contribution in [0.5, 0.6) is 0 Å². The van der Waals surface area contributed by atoms with Crippen molar-refractivity contribution in [2.75, 3.05) is 19.8 Å². The van der Waals surface area contributed by atoms with Crippen molar-refractivity contribution in [3.05, 3.63) is 35.4 Å². The summed E-state index contributed by atoms with van der Waals surface area (Å²) >= 11 is 0. The number of carboxylic acids is 1. The predicted molar refractivity (Wildman–Crippen MR) is 103 cm³/mol. The minimum Gasteiger partial charge on any atom is -0.481 e. The summed E-state index contributed by atoms with van der Waals surface area (Å²) in [6, 6.07) is 8.28. The van der Waals surface area contributed by atoms with Crippen LogP contribution in [0.1, 0.15) is 49.7 Å². The van der Waals surface area contributed by atoms with Gasteiger partial charge in [-0.25, -0.2) is 4.79 Å². The fourth-order valence-electron chi connectivity index (χ4n) is 4.44. The Morgan fingerprint density at radius 3 is 2.44 bits per heavy atom. The third kappa shape index (κ3) is 4.80. The van der Waals surface area contributed by atoms with E-state index in [0.29, 0.717) is 32.6 Å². The molecule has 1 aromatic carbocycles. The molecule has 2 fully saturated rings. The van der Waals surface area contributed by atoms with Gasteiger partial charge in [0.1, 0.15) is 0 Å². The van der Waals surface area contributed by atoms with Crippen molar-refractivity contribution < 1.29 is 19.4 Å². The number of nitrogens with one attached hydrogen (secondary N) is 2. The number of amides is 2. The van der Waals surface area contributed by atoms with Crippen LogP contribution < -0.4 is 10.6 Å². The summed E-state index contributed by atoms with van der Waals surface area (Å²) in [5.41, 5.74) is 2.44. The summed E-state index contributed by atoms with van der Waals surface area (Å²) in [6.45, 7) is 4.11. The average molecular weight is 374 g/mol. The van der Waals surface area contributed by atoms with Crippen LogP contribution in [0, 0.1) is 12.8 Å². The van der Waals surface area contributed by atoms with Gasteiger partial charge in [0.2, 0.25) is 0 Å². The minimum absolute atomic E-state index is 0.0599. The lowest BCUT2D eigenvalue weighted by molar-refractivity contribution is -0.142. The number of aryl methyl sites for hydroxylation is 1. The molecule has 1 saturated carbocycles. The van der Waals surface area contributed by atoms with Crippen LogP contribution >= 0.6 is 0 Å². The Balaban J connectivity index is 1.57. The second-order valence-corrected chi connectivity index (χ2v) is 7.92. The van der Waals surface area contributed by atoms with Crippen molar-refractivity contribution in [1.82, 2.24) is 10.6 Å². The third-order valence-electron chi connectivity index (χ3n) is 6.17. The standard InChI is InChI=1S/C21H30N2O4/c1-15-4-2-3-5-18(15)21(10-12-27-13-11-21)14-22-20(26)23-17-8-6-16(7-9-17)19(24)25/h2-5,16-17H,6-14H2,1H3,(H,24,25)(H2,22,23,26). The van der Waals surface area contributed by atoms with Crippen molar-refractivity contribution in [2.45, 2.75) is 56.9 Å². The Bertz CT molecular complexity index is 662. The molecule has 148 valence electrons. The smallest absolute Gasteiger partial charge is 0.315 e. The summed E-state index contributed by atoms with van der Waals surface area (Å²) < 4.78 is 5.57. The number of hydrogen-bond acceptors (Lipinski definition) is 3. The molecule has 1 aliphatic heterocycles. The van der Waals surface area contributed by atoms with E-state index in [0.717, 1.165) is 25.7 Å². The van der Waals surface area contributed by atoms with Crippen LogP contribution in [-0.2, 0) is 14.9 Å². The molecule has 6 heteroatoms. The number of aliphatic carboxylic acids is 1. The number of carbonyl (C=O) groups is 2. The largest absolute Gasteiger partial charge is 0.481 e. The van der Waals surface area contributed by atoms with E-state index in [4.69, 9.17) is 9.84 Å².